The summed E-state index contributed by atoms with van der Waals surface area (Å²) >= 11 is 0. The highest BCUT2D eigenvalue weighted by Crippen LogP contribution is 2.39. The van der Waals surface area contributed by atoms with Gasteiger partial charge in [0.05, 0.1) is 35.7 Å². The molecular formula is C32H38F7N3O3. The number of nitrogens with zero attached hydrogens (tertiary/aromatic N) is 3. The second-order valence-electron chi connectivity index (χ2n) is 11.9. The molecule has 0 bridgehead atoms. The molecule has 1 aliphatic heterocycles. The van der Waals surface area contributed by atoms with E-state index in [9.17, 15) is 40.3 Å². The van der Waals surface area contributed by atoms with Crippen molar-refractivity contribution in [3.05, 3.63) is 70.0 Å². The minimum absolute atomic E-state index is 0.0603. The van der Waals surface area contributed by atoms with Crippen molar-refractivity contribution in [2.45, 2.75) is 76.9 Å². The van der Waals surface area contributed by atoms with Crippen LogP contribution >= 0.6 is 0 Å². The number of carbonyl (C=O) groups is 2. The van der Waals surface area contributed by atoms with Crippen molar-refractivity contribution in [2.75, 3.05) is 33.3 Å². The van der Waals surface area contributed by atoms with Gasteiger partial charge in [0.25, 0.3) is 0 Å². The topological polar surface area (TPSA) is 53.1 Å². The van der Waals surface area contributed by atoms with Crippen LogP contribution in [0, 0.1) is 18.7 Å². The molecule has 13 heteroatoms. The van der Waals surface area contributed by atoms with Gasteiger partial charge in [-0.1, -0.05) is 6.07 Å². The number of hydrogen-bond donors (Lipinski definition) is 0. The summed E-state index contributed by atoms with van der Waals surface area (Å²) in [6.45, 7) is 6.27. The van der Waals surface area contributed by atoms with Gasteiger partial charge >= 0.3 is 24.4 Å². The number of ether oxygens (including phenoxy) is 1. The first-order valence-corrected chi connectivity index (χ1v) is 15.0. The van der Waals surface area contributed by atoms with Gasteiger partial charge in [0.15, 0.2) is 0 Å². The van der Waals surface area contributed by atoms with Crippen LogP contribution in [0.15, 0.2) is 36.4 Å². The normalized spacial score (nSPS) is 22.2. The molecule has 248 valence electrons. The Bertz CT molecular complexity index is 1340. The minimum Gasteiger partial charge on any atom is -0.466 e. The Labute approximate surface area is 258 Å². The zero-order valence-electron chi connectivity index (χ0n) is 25.6. The maximum atomic E-state index is 14.1. The molecule has 1 aliphatic carbocycles. The molecule has 2 amide bonds. The van der Waals surface area contributed by atoms with Gasteiger partial charge in [-0.15, -0.1) is 0 Å². The van der Waals surface area contributed by atoms with Gasteiger partial charge in [-0.25, -0.2) is 9.18 Å². The number of rotatable bonds is 6. The number of alkyl halides is 6. The molecule has 2 aromatic rings. The molecule has 0 radical (unpaired) electrons. The first-order chi connectivity index (χ1) is 21.0. The first kappa shape index (κ1) is 34.5. The number of aryl methyl sites for hydroxylation is 1. The van der Waals surface area contributed by atoms with Crippen molar-refractivity contribution in [1.29, 1.82) is 0 Å². The van der Waals surface area contributed by atoms with E-state index in [1.165, 1.54) is 26.1 Å². The van der Waals surface area contributed by atoms with Gasteiger partial charge in [0.1, 0.15) is 5.82 Å². The number of benzene rings is 2. The molecule has 1 heterocycles. The molecule has 2 aliphatic rings. The van der Waals surface area contributed by atoms with E-state index in [2.05, 4.69) is 4.90 Å². The smallest absolute Gasteiger partial charge is 0.416 e. The van der Waals surface area contributed by atoms with Gasteiger partial charge in [-0.05, 0) is 93.5 Å². The lowest BCUT2D eigenvalue weighted by Crippen LogP contribution is -2.56. The largest absolute Gasteiger partial charge is 0.466 e. The fourth-order valence-corrected chi connectivity index (χ4v) is 6.39. The van der Waals surface area contributed by atoms with Gasteiger partial charge in [0.2, 0.25) is 0 Å². The monoisotopic (exact) mass is 645 g/mol. The van der Waals surface area contributed by atoms with E-state index >= 15 is 0 Å². The van der Waals surface area contributed by atoms with Crippen LogP contribution in [-0.4, -0.2) is 66.0 Å². The zero-order valence-corrected chi connectivity index (χ0v) is 25.6. The standard InChI is InChI=1S/C32H38F7N3O3/c1-5-45-29(43)21-6-9-26(10-7-21)41-12-13-42(28(18-41)27-11-8-25(33)14-19(27)2)30(44)40(4)20(3)22-15-23(31(34,35)36)17-24(16-22)32(37,38)39/h8,11,14-17,20-21,26,28H,5-7,9-10,12-13,18H2,1-4H3/t20?,21?,26?,28-/m1/s1. The summed E-state index contributed by atoms with van der Waals surface area (Å²) in [6, 6.07) is 3.45. The van der Waals surface area contributed by atoms with Crippen LogP contribution in [0.25, 0.3) is 0 Å². The summed E-state index contributed by atoms with van der Waals surface area (Å²) in [5.41, 5.74) is -1.92. The number of hydrogen-bond acceptors (Lipinski definition) is 4. The van der Waals surface area contributed by atoms with E-state index in [4.69, 9.17) is 4.74 Å². The lowest BCUT2D eigenvalue weighted by atomic mass is 9.84. The molecule has 4 rings (SSSR count). The Kier molecular flexibility index (Phi) is 10.4. The average Bonchev–Trinajstić information content (AvgIpc) is 2.99. The lowest BCUT2D eigenvalue weighted by molar-refractivity contribution is -0.149. The highest BCUT2D eigenvalue weighted by molar-refractivity contribution is 5.76. The van der Waals surface area contributed by atoms with E-state index in [-0.39, 0.29) is 36.1 Å². The van der Waals surface area contributed by atoms with E-state index in [0.29, 0.717) is 55.8 Å². The molecule has 0 spiro atoms. The first-order valence-electron chi connectivity index (χ1n) is 15.0. The van der Waals surface area contributed by atoms with Gasteiger partial charge < -0.3 is 14.5 Å². The fraction of sp³-hybridized carbons (Fsp3) is 0.562. The molecule has 1 unspecified atom stereocenters. The summed E-state index contributed by atoms with van der Waals surface area (Å²) in [6.07, 6.45) is -7.20. The molecule has 1 saturated heterocycles. The maximum absolute atomic E-state index is 14.1. The van der Waals surface area contributed by atoms with Crippen LogP contribution in [-0.2, 0) is 21.9 Å². The summed E-state index contributed by atoms with van der Waals surface area (Å²) in [5.74, 6) is -0.815. The lowest BCUT2D eigenvalue weighted by Gasteiger charge is -2.47. The number of halogens is 7. The predicted molar refractivity (Wildman–Crippen MR) is 153 cm³/mol. The van der Waals surface area contributed by atoms with E-state index in [0.717, 1.165) is 17.7 Å². The van der Waals surface area contributed by atoms with Crippen LogP contribution in [0.2, 0.25) is 0 Å². The van der Waals surface area contributed by atoms with E-state index in [1.807, 2.05) is 0 Å². The van der Waals surface area contributed by atoms with E-state index < -0.39 is 47.4 Å². The maximum Gasteiger partial charge on any atom is 0.416 e. The third-order valence-corrected chi connectivity index (χ3v) is 9.06. The molecule has 2 atom stereocenters. The van der Waals surface area contributed by atoms with Gasteiger partial charge in [-0.3, -0.25) is 9.69 Å². The highest BCUT2D eigenvalue weighted by Gasteiger charge is 2.41. The second kappa shape index (κ2) is 13.6. The molecular weight excluding hydrogens is 607 g/mol. The molecule has 45 heavy (non-hydrogen) atoms. The Balaban J connectivity index is 1.59. The number of piperazine rings is 1. The van der Waals surface area contributed by atoms with Gasteiger partial charge in [0, 0.05) is 32.7 Å². The molecule has 2 aromatic carbocycles. The number of carbonyl (C=O) groups excluding carboxylic acids is 2. The molecule has 6 nitrogen and oxygen atoms in total. The van der Waals surface area contributed by atoms with Crippen molar-refractivity contribution in [2.24, 2.45) is 5.92 Å². The molecule has 2 fully saturated rings. The van der Waals surface area contributed by atoms with Crippen LogP contribution in [0.5, 0.6) is 0 Å². The fourth-order valence-electron chi connectivity index (χ4n) is 6.39. The van der Waals surface area contributed by atoms with Crippen LogP contribution in [0.4, 0.5) is 35.5 Å². The molecule has 0 N–H and O–H groups in total. The summed E-state index contributed by atoms with van der Waals surface area (Å²) < 4.78 is 100. The van der Waals surface area contributed by atoms with Crippen LogP contribution < -0.4 is 0 Å². The molecule has 0 aromatic heterocycles. The van der Waals surface area contributed by atoms with Crippen molar-refractivity contribution < 1.29 is 45.1 Å². The van der Waals surface area contributed by atoms with Crippen LogP contribution in [0.1, 0.15) is 79.4 Å². The number of esters is 1. The quantitative estimate of drug-likeness (QED) is 0.238. The Morgan fingerprint density at radius 3 is 2.09 bits per heavy atom. The van der Waals surface area contributed by atoms with Crippen molar-refractivity contribution in [3.63, 3.8) is 0 Å². The SMILES string of the molecule is CCOC(=O)C1CCC(N2CCN(C(=O)N(C)C(C)c3cc(C(F)(F)F)cc(C(F)(F)F)c3)[C@@H](c3ccc(F)cc3C)C2)CC1. The van der Waals surface area contributed by atoms with Crippen molar-refractivity contribution in [3.8, 4) is 0 Å². The summed E-state index contributed by atoms with van der Waals surface area (Å²) in [4.78, 5) is 31.1. The Morgan fingerprint density at radius 1 is 0.956 bits per heavy atom. The molecule has 1 saturated carbocycles. The Morgan fingerprint density at radius 2 is 1.56 bits per heavy atom. The third-order valence-electron chi connectivity index (χ3n) is 9.06. The van der Waals surface area contributed by atoms with Crippen molar-refractivity contribution >= 4 is 12.0 Å². The second-order valence-corrected chi connectivity index (χ2v) is 11.9. The number of urea groups is 1. The summed E-state index contributed by atoms with van der Waals surface area (Å²) in [5, 5.41) is 0. The van der Waals surface area contributed by atoms with E-state index in [1.54, 1.807) is 24.8 Å². The average molecular weight is 646 g/mol. The zero-order chi connectivity index (χ0) is 33.3. The Hall–Kier alpha value is -3.35. The third kappa shape index (κ3) is 7.90. The van der Waals surface area contributed by atoms with Crippen LogP contribution in [0.3, 0.4) is 0 Å². The number of amides is 2. The predicted octanol–water partition coefficient (Wildman–Crippen LogP) is 7.77. The summed E-state index contributed by atoms with van der Waals surface area (Å²) in [7, 11) is 1.35. The highest BCUT2D eigenvalue weighted by atomic mass is 19.4. The minimum atomic E-state index is -5.02. The van der Waals surface area contributed by atoms with Crippen molar-refractivity contribution in [1.82, 2.24) is 14.7 Å². The van der Waals surface area contributed by atoms with Gasteiger partial charge in [-0.2, -0.15) is 26.3 Å².